The van der Waals surface area contributed by atoms with Crippen LogP contribution in [0.3, 0.4) is 0 Å². The second-order valence-corrected chi connectivity index (χ2v) is 6.21. The van der Waals surface area contributed by atoms with Crippen LogP contribution in [0.1, 0.15) is 24.8 Å². The van der Waals surface area contributed by atoms with E-state index in [2.05, 4.69) is 9.88 Å². The Kier molecular flexibility index (Phi) is 6.11. The van der Waals surface area contributed by atoms with Crippen molar-refractivity contribution in [3.05, 3.63) is 22.8 Å². The van der Waals surface area contributed by atoms with Crippen LogP contribution < -0.4 is 4.90 Å². The molecular formula is C15H21ClF3N3O. The summed E-state index contributed by atoms with van der Waals surface area (Å²) < 4.78 is 37.9. The van der Waals surface area contributed by atoms with Gasteiger partial charge in [-0.15, -0.1) is 0 Å². The topological polar surface area (TPSA) is 39.6 Å². The van der Waals surface area contributed by atoms with E-state index in [0.717, 1.165) is 38.1 Å². The maximum atomic E-state index is 12.6. The van der Waals surface area contributed by atoms with Crippen LogP contribution in [0.2, 0.25) is 5.02 Å². The van der Waals surface area contributed by atoms with Crippen molar-refractivity contribution in [2.24, 2.45) is 0 Å². The molecule has 1 aromatic rings. The number of anilines is 1. The summed E-state index contributed by atoms with van der Waals surface area (Å²) in [5.74, 6) is 0.413. The van der Waals surface area contributed by atoms with Gasteiger partial charge in [0.2, 0.25) is 0 Å². The Bertz CT molecular complexity index is 519. The molecule has 1 aliphatic heterocycles. The Morgan fingerprint density at radius 2 is 2.04 bits per heavy atom. The van der Waals surface area contributed by atoms with Gasteiger partial charge < -0.3 is 14.9 Å². The highest BCUT2D eigenvalue weighted by atomic mass is 35.5. The van der Waals surface area contributed by atoms with Gasteiger partial charge in [-0.3, -0.25) is 0 Å². The smallest absolute Gasteiger partial charge is 0.396 e. The van der Waals surface area contributed by atoms with Crippen LogP contribution in [0.5, 0.6) is 0 Å². The lowest BCUT2D eigenvalue weighted by atomic mass is 10.0. The fraction of sp³-hybridized carbons (Fsp3) is 0.667. The molecule has 0 amide bonds. The number of piperidine rings is 1. The normalized spacial score (nSPS) is 17.1. The number of hydrogen-bond acceptors (Lipinski definition) is 4. The van der Waals surface area contributed by atoms with Crippen molar-refractivity contribution in [3.8, 4) is 0 Å². The number of aromatic nitrogens is 1. The molecule has 130 valence electrons. The van der Waals surface area contributed by atoms with E-state index >= 15 is 0 Å². The molecule has 0 aromatic carbocycles. The zero-order valence-corrected chi connectivity index (χ0v) is 13.7. The van der Waals surface area contributed by atoms with E-state index in [9.17, 15) is 13.2 Å². The highest BCUT2D eigenvalue weighted by Crippen LogP contribution is 2.34. The second-order valence-electron chi connectivity index (χ2n) is 5.80. The van der Waals surface area contributed by atoms with Crippen molar-refractivity contribution in [1.29, 1.82) is 0 Å². The summed E-state index contributed by atoms with van der Waals surface area (Å²) in [5.41, 5.74) is -0.829. The largest absolute Gasteiger partial charge is 0.417 e. The third-order valence-corrected chi connectivity index (χ3v) is 4.48. The van der Waals surface area contributed by atoms with Gasteiger partial charge in [-0.2, -0.15) is 13.2 Å². The minimum absolute atomic E-state index is 0.0342. The summed E-state index contributed by atoms with van der Waals surface area (Å²) in [4.78, 5) is 8.06. The summed E-state index contributed by atoms with van der Waals surface area (Å²) in [6, 6.07) is 1.34. The van der Waals surface area contributed by atoms with E-state index in [4.69, 9.17) is 16.7 Å². The molecule has 0 bridgehead atoms. The van der Waals surface area contributed by atoms with Crippen molar-refractivity contribution in [2.45, 2.75) is 31.5 Å². The first-order valence-electron chi connectivity index (χ1n) is 7.61. The molecule has 1 fully saturated rings. The van der Waals surface area contributed by atoms with Crippen LogP contribution in [-0.4, -0.2) is 54.3 Å². The highest BCUT2D eigenvalue weighted by molar-refractivity contribution is 6.33. The molecule has 0 unspecified atom stereocenters. The van der Waals surface area contributed by atoms with Crippen molar-refractivity contribution in [2.75, 3.05) is 38.2 Å². The maximum absolute atomic E-state index is 12.6. The van der Waals surface area contributed by atoms with Crippen molar-refractivity contribution in [3.63, 3.8) is 0 Å². The summed E-state index contributed by atoms with van der Waals surface area (Å²) >= 11 is 5.99. The van der Waals surface area contributed by atoms with Crippen LogP contribution in [0.15, 0.2) is 12.3 Å². The summed E-state index contributed by atoms with van der Waals surface area (Å²) in [5, 5.41) is 8.91. The molecule has 0 aliphatic carbocycles. The number of aliphatic hydroxyl groups excluding tert-OH is 1. The van der Waals surface area contributed by atoms with E-state index in [1.807, 2.05) is 11.9 Å². The molecule has 2 rings (SSSR count). The molecule has 0 spiro atoms. The predicted octanol–water partition coefficient (Wildman–Crippen LogP) is 3.04. The molecular weight excluding hydrogens is 331 g/mol. The van der Waals surface area contributed by atoms with Crippen molar-refractivity contribution < 1.29 is 18.3 Å². The van der Waals surface area contributed by atoms with E-state index in [0.29, 0.717) is 24.9 Å². The lowest BCUT2D eigenvalue weighted by Crippen LogP contribution is -2.44. The van der Waals surface area contributed by atoms with Gasteiger partial charge >= 0.3 is 6.18 Å². The summed E-state index contributed by atoms with van der Waals surface area (Å²) in [7, 11) is 2.03. The fourth-order valence-electron chi connectivity index (χ4n) is 2.84. The van der Waals surface area contributed by atoms with Crippen LogP contribution in [0.25, 0.3) is 0 Å². The molecule has 8 heteroatoms. The fourth-order valence-corrected chi connectivity index (χ4v) is 3.13. The van der Waals surface area contributed by atoms with Gasteiger partial charge in [0.25, 0.3) is 0 Å². The monoisotopic (exact) mass is 351 g/mol. The number of halogens is 4. The first-order valence-corrected chi connectivity index (χ1v) is 7.99. The lowest BCUT2D eigenvalue weighted by molar-refractivity contribution is -0.137. The number of rotatable bonds is 5. The van der Waals surface area contributed by atoms with Gasteiger partial charge in [-0.1, -0.05) is 11.6 Å². The third kappa shape index (κ3) is 4.71. The van der Waals surface area contributed by atoms with Crippen LogP contribution in [0.4, 0.5) is 19.0 Å². The van der Waals surface area contributed by atoms with Gasteiger partial charge in [-0.25, -0.2) is 4.98 Å². The highest BCUT2D eigenvalue weighted by Gasteiger charge is 2.32. The number of aliphatic hydroxyl groups is 1. The van der Waals surface area contributed by atoms with Gasteiger partial charge in [-0.05, 0) is 32.4 Å². The zero-order chi connectivity index (χ0) is 17.0. The molecule has 4 nitrogen and oxygen atoms in total. The SMILES string of the molecule is CN(CCCO)C1CCN(c2ncc(C(F)(F)F)cc2Cl)CC1. The Balaban J connectivity index is 1.98. The second kappa shape index (κ2) is 7.68. The van der Waals surface area contributed by atoms with Crippen LogP contribution in [-0.2, 0) is 6.18 Å². The Labute approximate surface area is 138 Å². The van der Waals surface area contributed by atoms with Crippen molar-refractivity contribution in [1.82, 2.24) is 9.88 Å². The lowest BCUT2D eigenvalue weighted by Gasteiger charge is -2.37. The molecule has 1 aromatic heterocycles. The minimum atomic E-state index is -4.43. The standard InChI is InChI=1S/C15H21ClF3N3O/c1-21(5-2-8-23)12-3-6-22(7-4-12)14-13(16)9-11(10-20-14)15(17,18)19/h9-10,12,23H,2-8H2,1H3. The molecule has 0 saturated carbocycles. The molecule has 1 N–H and O–H groups in total. The Hall–Kier alpha value is -1.05. The molecule has 2 heterocycles. The van der Waals surface area contributed by atoms with Gasteiger partial charge in [0.15, 0.2) is 0 Å². The number of pyridine rings is 1. The van der Waals surface area contributed by atoms with Crippen LogP contribution in [0, 0.1) is 0 Å². The first-order chi connectivity index (χ1) is 10.8. The van der Waals surface area contributed by atoms with Gasteiger partial charge in [0.1, 0.15) is 5.82 Å². The van der Waals surface area contributed by atoms with E-state index in [-0.39, 0.29) is 11.6 Å². The van der Waals surface area contributed by atoms with E-state index in [1.54, 1.807) is 0 Å². The predicted molar refractivity (Wildman–Crippen MR) is 83.8 cm³/mol. The molecule has 0 atom stereocenters. The van der Waals surface area contributed by atoms with Crippen molar-refractivity contribution >= 4 is 17.4 Å². The average Bonchev–Trinajstić information content (AvgIpc) is 2.52. The molecule has 23 heavy (non-hydrogen) atoms. The number of hydrogen-bond donors (Lipinski definition) is 1. The first kappa shape index (κ1) is 18.3. The molecule has 1 saturated heterocycles. The summed E-state index contributed by atoms with van der Waals surface area (Å²) in [6.45, 7) is 2.41. The summed E-state index contributed by atoms with van der Waals surface area (Å²) in [6.07, 6.45) is -1.08. The van der Waals surface area contributed by atoms with Crippen LogP contribution >= 0.6 is 11.6 Å². The van der Waals surface area contributed by atoms with Gasteiger partial charge in [0.05, 0.1) is 10.6 Å². The average molecular weight is 352 g/mol. The third-order valence-electron chi connectivity index (χ3n) is 4.21. The Morgan fingerprint density at radius 1 is 1.39 bits per heavy atom. The number of alkyl halides is 3. The maximum Gasteiger partial charge on any atom is 0.417 e. The van der Waals surface area contributed by atoms with Gasteiger partial charge in [0, 0.05) is 38.5 Å². The van der Waals surface area contributed by atoms with E-state index < -0.39 is 11.7 Å². The number of nitrogens with zero attached hydrogens (tertiary/aromatic N) is 3. The van der Waals surface area contributed by atoms with E-state index in [1.165, 1.54) is 0 Å². The molecule has 0 radical (unpaired) electrons. The molecule has 1 aliphatic rings. The Morgan fingerprint density at radius 3 is 2.57 bits per heavy atom. The zero-order valence-electron chi connectivity index (χ0n) is 13.0. The quantitative estimate of drug-likeness (QED) is 0.885. The minimum Gasteiger partial charge on any atom is -0.396 e.